The van der Waals surface area contributed by atoms with Gasteiger partial charge in [-0.25, -0.2) is 0 Å². The second-order valence-corrected chi connectivity index (χ2v) is 5.13. The third-order valence-corrected chi connectivity index (χ3v) is 3.88. The van der Waals surface area contributed by atoms with Crippen LogP contribution >= 0.6 is 0 Å². The number of anilines is 1. The van der Waals surface area contributed by atoms with Crippen LogP contribution in [-0.2, 0) is 10.3 Å². The highest BCUT2D eigenvalue weighted by atomic mass is 16.5. The van der Waals surface area contributed by atoms with Crippen molar-refractivity contribution in [3.05, 3.63) is 29.6 Å². The predicted octanol–water partition coefficient (Wildman–Crippen LogP) is 3.68. The Labute approximate surface area is 125 Å². The summed E-state index contributed by atoms with van der Waals surface area (Å²) in [5, 5.41) is 4.15. The summed E-state index contributed by atoms with van der Waals surface area (Å²) >= 11 is 0. The lowest BCUT2D eigenvalue weighted by atomic mass is 9.96. The van der Waals surface area contributed by atoms with E-state index in [1.54, 1.807) is 0 Å². The molecule has 5 heteroatoms. The summed E-state index contributed by atoms with van der Waals surface area (Å²) in [4.78, 5) is 4.56. The van der Waals surface area contributed by atoms with E-state index in [1.165, 1.54) is 0 Å². The summed E-state index contributed by atoms with van der Waals surface area (Å²) in [6.07, 6.45) is 1.61. The number of ether oxygens (including phenoxy) is 1. The van der Waals surface area contributed by atoms with Gasteiger partial charge in [-0.1, -0.05) is 19.0 Å². The molecule has 21 heavy (non-hydrogen) atoms. The van der Waals surface area contributed by atoms with Gasteiger partial charge in [-0.3, -0.25) is 0 Å². The van der Waals surface area contributed by atoms with Gasteiger partial charge in [0.2, 0.25) is 5.82 Å². The molecule has 0 aliphatic rings. The summed E-state index contributed by atoms with van der Waals surface area (Å²) in [6, 6.07) is 5.64. The second-order valence-electron chi connectivity index (χ2n) is 5.13. The number of nitrogens with two attached hydrogens (primary N) is 1. The molecule has 0 radical (unpaired) electrons. The largest absolute Gasteiger partial charge is 0.399 e. The molecule has 2 N–H and O–H groups in total. The van der Waals surface area contributed by atoms with Gasteiger partial charge in [0, 0.05) is 17.9 Å². The first-order valence-corrected chi connectivity index (χ1v) is 7.41. The highest BCUT2D eigenvalue weighted by Gasteiger charge is 2.34. The predicted molar refractivity (Wildman–Crippen MR) is 82.8 cm³/mol. The van der Waals surface area contributed by atoms with Crippen LogP contribution in [0.25, 0.3) is 11.5 Å². The van der Waals surface area contributed by atoms with Crippen LogP contribution in [0.5, 0.6) is 0 Å². The van der Waals surface area contributed by atoms with E-state index in [0.717, 1.165) is 29.7 Å². The van der Waals surface area contributed by atoms with Gasteiger partial charge in [-0.05, 0) is 50.5 Å². The third kappa shape index (κ3) is 2.93. The molecular formula is C16H23N3O2. The molecule has 0 saturated carbocycles. The average Bonchev–Trinajstić information content (AvgIpc) is 2.95. The molecule has 5 nitrogen and oxygen atoms in total. The maximum Gasteiger partial charge on any atom is 0.258 e. The van der Waals surface area contributed by atoms with Crippen LogP contribution in [0.3, 0.4) is 0 Å². The Morgan fingerprint density at radius 3 is 2.52 bits per heavy atom. The molecule has 0 bridgehead atoms. The lowest BCUT2D eigenvalue weighted by Gasteiger charge is -2.27. The highest BCUT2D eigenvalue weighted by molar-refractivity contribution is 5.62. The van der Waals surface area contributed by atoms with Crippen molar-refractivity contribution in [2.75, 3.05) is 12.3 Å². The van der Waals surface area contributed by atoms with Gasteiger partial charge < -0.3 is 15.0 Å². The van der Waals surface area contributed by atoms with Gasteiger partial charge in [-0.15, -0.1) is 0 Å². The molecule has 2 aromatic rings. The standard InChI is InChI=1S/C16H23N3O2/c1-5-16(6-2,20-7-3)15-18-14(21-19-15)13-9-8-12(17)10-11(13)4/h8-10H,5-7,17H2,1-4H3. The van der Waals surface area contributed by atoms with Crippen molar-refractivity contribution in [3.8, 4) is 11.5 Å². The number of aryl methyl sites for hydroxylation is 1. The van der Waals surface area contributed by atoms with Crippen LogP contribution in [0.1, 0.15) is 45.0 Å². The molecule has 0 atom stereocenters. The minimum Gasteiger partial charge on any atom is -0.399 e. The van der Waals surface area contributed by atoms with Gasteiger partial charge in [0.25, 0.3) is 5.89 Å². The Hall–Kier alpha value is -1.88. The van der Waals surface area contributed by atoms with E-state index in [9.17, 15) is 0 Å². The molecule has 0 spiro atoms. The molecular weight excluding hydrogens is 266 g/mol. The Balaban J connectivity index is 2.40. The quantitative estimate of drug-likeness (QED) is 0.821. The lowest BCUT2D eigenvalue weighted by Crippen LogP contribution is -2.29. The number of rotatable bonds is 6. The number of nitrogens with zero attached hydrogens (tertiary/aromatic N) is 2. The summed E-state index contributed by atoms with van der Waals surface area (Å²) in [7, 11) is 0. The zero-order valence-corrected chi connectivity index (χ0v) is 13.1. The van der Waals surface area contributed by atoms with Gasteiger partial charge in [-0.2, -0.15) is 4.98 Å². The van der Waals surface area contributed by atoms with E-state index >= 15 is 0 Å². The Bertz CT molecular complexity index is 603. The topological polar surface area (TPSA) is 74.2 Å². The first-order valence-electron chi connectivity index (χ1n) is 7.41. The van der Waals surface area contributed by atoms with Crippen molar-refractivity contribution in [1.29, 1.82) is 0 Å². The number of hydrogen-bond donors (Lipinski definition) is 1. The molecule has 1 aromatic carbocycles. The molecule has 1 aromatic heterocycles. The van der Waals surface area contributed by atoms with Crippen molar-refractivity contribution in [2.45, 2.75) is 46.1 Å². The first-order chi connectivity index (χ1) is 10.1. The molecule has 1 heterocycles. The molecule has 0 fully saturated rings. The molecule has 0 unspecified atom stereocenters. The fraction of sp³-hybridized carbons (Fsp3) is 0.500. The van der Waals surface area contributed by atoms with Crippen molar-refractivity contribution in [1.82, 2.24) is 10.1 Å². The molecule has 0 aliphatic carbocycles. The van der Waals surface area contributed by atoms with Crippen LogP contribution in [0.15, 0.2) is 22.7 Å². The number of aromatic nitrogens is 2. The smallest absolute Gasteiger partial charge is 0.258 e. The fourth-order valence-corrected chi connectivity index (χ4v) is 2.56. The van der Waals surface area contributed by atoms with Crippen molar-refractivity contribution in [3.63, 3.8) is 0 Å². The van der Waals surface area contributed by atoms with Crippen LogP contribution in [0.4, 0.5) is 5.69 Å². The summed E-state index contributed by atoms with van der Waals surface area (Å²) in [5.41, 5.74) is 7.94. The van der Waals surface area contributed by atoms with E-state index in [0.29, 0.717) is 18.3 Å². The van der Waals surface area contributed by atoms with Crippen molar-refractivity contribution >= 4 is 5.69 Å². The van der Waals surface area contributed by atoms with E-state index < -0.39 is 5.60 Å². The molecule has 0 amide bonds. The maximum absolute atomic E-state index is 5.91. The summed E-state index contributed by atoms with van der Waals surface area (Å²) in [6.45, 7) is 8.72. The van der Waals surface area contributed by atoms with Gasteiger partial charge >= 0.3 is 0 Å². The Morgan fingerprint density at radius 2 is 1.95 bits per heavy atom. The lowest BCUT2D eigenvalue weighted by molar-refractivity contribution is -0.0583. The SMILES string of the molecule is CCOC(CC)(CC)c1noc(-c2ccc(N)cc2C)n1. The third-order valence-electron chi connectivity index (χ3n) is 3.88. The van der Waals surface area contributed by atoms with Gasteiger partial charge in [0.15, 0.2) is 0 Å². The summed E-state index contributed by atoms with van der Waals surface area (Å²) in [5.74, 6) is 1.12. The second kappa shape index (κ2) is 6.26. The molecule has 0 aliphatic heterocycles. The molecule has 114 valence electrons. The average molecular weight is 289 g/mol. The minimum atomic E-state index is -0.474. The molecule has 2 rings (SSSR count). The first kappa shape index (κ1) is 15.5. The van der Waals surface area contributed by atoms with E-state index in [1.807, 2.05) is 32.0 Å². The maximum atomic E-state index is 5.91. The number of benzene rings is 1. The summed E-state index contributed by atoms with van der Waals surface area (Å²) < 4.78 is 11.4. The fourth-order valence-electron chi connectivity index (χ4n) is 2.56. The highest BCUT2D eigenvalue weighted by Crippen LogP contribution is 2.33. The minimum absolute atomic E-state index is 0.474. The zero-order valence-electron chi connectivity index (χ0n) is 13.1. The van der Waals surface area contributed by atoms with Crippen molar-refractivity contribution in [2.24, 2.45) is 0 Å². The Morgan fingerprint density at radius 1 is 1.24 bits per heavy atom. The van der Waals surface area contributed by atoms with E-state index in [4.69, 9.17) is 15.0 Å². The van der Waals surface area contributed by atoms with Crippen LogP contribution in [0, 0.1) is 6.92 Å². The number of nitrogen functional groups attached to an aromatic ring is 1. The van der Waals surface area contributed by atoms with E-state index in [2.05, 4.69) is 24.0 Å². The van der Waals surface area contributed by atoms with Crippen molar-refractivity contribution < 1.29 is 9.26 Å². The normalized spacial score (nSPS) is 11.8. The van der Waals surface area contributed by atoms with Gasteiger partial charge in [0.1, 0.15) is 5.60 Å². The van der Waals surface area contributed by atoms with Crippen LogP contribution in [0.2, 0.25) is 0 Å². The van der Waals surface area contributed by atoms with Gasteiger partial charge in [0.05, 0.1) is 0 Å². The number of hydrogen-bond acceptors (Lipinski definition) is 5. The monoisotopic (exact) mass is 289 g/mol. The molecule has 0 saturated heterocycles. The van der Waals surface area contributed by atoms with Crippen LogP contribution in [-0.4, -0.2) is 16.7 Å². The zero-order chi connectivity index (χ0) is 15.5. The van der Waals surface area contributed by atoms with E-state index in [-0.39, 0.29) is 0 Å². The Kier molecular flexibility index (Phi) is 4.63. The van der Waals surface area contributed by atoms with Crippen LogP contribution < -0.4 is 5.73 Å².